The van der Waals surface area contributed by atoms with Crippen LogP contribution in [0.5, 0.6) is 0 Å². The van der Waals surface area contributed by atoms with Crippen molar-refractivity contribution < 1.29 is 14.4 Å². The van der Waals surface area contributed by atoms with Gasteiger partial charge in [-0.3, -0.25) is 14.4 Å². The Morgan fingerprint density at radius 2 is 2.03 bits per heavy atom. The fourth-order valence-corrected chi connectivity index (χ4v) is 7.88. The maximum absolute atomic E-state index is 12.9. The van der Waals surface area contributed by atoms with Crippen molar-refractivity contribution in [1.29, 1.82) is 5.26 Å². The van der Waals surface area contributed by atoms with Crippen molar-refractivity contribution >= 4 is 40.4 Å². The number of aromatic amines is 1. The number of fused-ring (bicyclic) bond motifs is 2. The van der Waals surface area contributed by atoms with Gasteiger partial charge in [0, 0.05) is 22.3 Å². The van der Waals surface area contributed by atoms with Crippen molar-refractivity contribution in [3.05, 3.63) is 48.6 Å². The van der Waals surface area contributed by atoms with Crippen LogP contribution in [0, 0.1) is 11.3 Å². The van der Waals surface area contributed by atoms with E-state index < -0.39 is 23.3 Å². The molecule has 2 unspecified atom stereocenters. The van der Waals surface area contributed by atoms with Crippen LogP contribution in [0.2, 0.25) is 0 Å². The highest BCUT2D eigenvalue weighted by Crippen LogP contribution is 2.51. The van der Waals surface area contributed by atoms with Crippen LogP contribution < -0.4 is 16.8 Å². The first-order chi connectivity index (χ1) is 18.2. The fraction of sp³-hybridized carbons (Fsp3) is 0.458. The zero-order valence-corrected chi connectivity index (χ0v) is 22.3. The molecule has 3 aromatic heterocycles. The topological polar surface area (TPSA) is 197 Å². The van der Waals surface area contributed by atoms with Crippen molar-refractivity contribution in [1.82, 2.24) is 30.8 Å². The second-order valence-electron chi connectivity index (χ2n) is 9.64. The van der Waals surface area contributed by atoms with E-state index in [9.17, 15) is 19.6 Å². The van der Waals surface area contributed by atoms with Gasteiger partial charge in [-0.2, -0.15) is 10.5 Å². The minimum atomic E-state index is -0.977. The van der Waals surface area contributed by atoms with Crippen molar-refractivity contribution in [2.45, 2.75) is 56.5 Å². The van der Waals surface area contributed by atoms with Crippen LogP contribution in [-0.2, 0) is 23.1 Å². The number of hydrogen-bond acceptors (Lipinski definition) is 10. The average molecular weight is 554 g/mol. The zero-order valence-electron chi connectivity index (χ0n) is 20.7. The van der Waals surface area contributed by atoms with E-state index in [-0.39, 0.29) is 18.5 Å². The lowest BCUT2D eigenvalue weighted by molar-refractivity contribution is -0.130. The summed E-state index contributed by atoms with van der Waals surface area (Å²) in [7, 11) is 0. The third-order valence-corrected chi connectivity index (χ3v) is 9.80. The van der Waals surface area contributed by atoms with E-state index >= 15 is 0 Å². The van der Waals surface area contributed by atoms with Gasteiger partial charge in [-0.05, 0) is 62.3 Å². The third-order valence-electron chi connectivity index (χ3n) is 7.24. The fourth-order valence-electron chi connectivity index (χ4n) is 5.52. The quantitative estimate of drug-likeness (QED) is 0.314. The van der Waals surface area contributed by atoms with Crippen LogP contribution in [0.4, 0.5) is 0 Å². The summed E-state index contributed by atoms with van der Waals surface area (Å²) in [6.07, 6.45) is 3.17. The number of nitrogens with one attached hydrogen (secondary N) is 2. The van der Waals surface area contributed by atoms with Crippen molar-refractivity contribution in [2.24, 2.45) is 11.5 Å². The summed E-state index contributed by atoms with van der Waals surface area (Å²) in [4.78, 5) is 41.5. The number of primary amides is 2. The first-order valence-electron chi connectivity index (χ1n) is 12.3. The summed E-state index contributed by atoms with van der Waals surface area (Å²) in [6, 6.07) is 5.17. The first kappa shape index (κ1) is 26.0. The Bertz CT molecular complexity index is 1360. The number of nitrogens with zero attached hydrogens (tertiary/aromatic N) is 5. The second-order valence-corrected chi connectivity index (χ2v) is 11.8. The molecule has 0 aromatic carbocycles. The zero-order chi connectivity index (χ0) is 27.0. The molecule has 6 N–H and O–H groups in total. The van der Waals surface area contributed by atoms with E-state index in [0.29, 0.717) is 47.8 Å². The number of aromatic nitrogens is 4. The summed E-state index contributed by atoms with van der Waals surface area (Å²) in [5.41, 5.74) is 12.1. The molecule has 3 amide bonds. The van der Waals surface area contributed by atoms with Gasteiger partial charge in [0.2, 0.25) is 5.91 Å². The Morgan fingerprint density at radius 3 is 2.71 bits per heavy atom. The predicted molar refractivity (Wildman–Crippen MR) is 140 cm³/mol. The molecule has 3 atom stereocenters. The van der Waals surface area contributed by atoms with Gasteiger partial charge in [-0.15, -0.1) is 32.9 Å². The number of tetrazole rings is 1. The lowest BCUT2D eigenvalue weighted by atomic mass is 9.73. The van der Waals surface area contributed by atoms with Gasteiger partial charge in [0.05, 0.1) is 27.8 Å². The van der Waals surface area contributed by atoms with Crippen LogP contribution >= 0.6 is 22.7 Å². The normalized spacial score (nSPS) is 21.3. The molecule has 14 heteroatoms. The van der Waals surface area contributed by atoms with E-state index in [1.807, 2.05) is 13.0 Å². The lowest BCUT2D eigenvalue weighted by Gasteiger charge is -2.33. The van der Waals surface area contributed by atoms with E-state index in [0.717, 1.165) is 27.3 Å². The Kier molecular flexibility index (Phi) is 6.99. The smallest absolute Gasteiger partial charge is 0.258 e. The highest BCUT2D eigenvalue weighted by molar-refractivity contribution is 7.15. The van der Waals surface area contributed by atoms with Gasteiger partial charge in [0.1, 0.15) is 6.04 Å². The number of thiophene rings is 2. The molecule has 1 aliphatic carbocycles. The number of H-pyrrole nitrogens is 1. The number of nitrogens with two attached hydrogens (primary N) is 2. The van der Waals surface area contributed by atoms with E-state index in [2.05, 4.69) is 32.0 Å². The van der Waals surface area contributed by atoms with Crippen molar-refractivity contribution in [2.75, 3.05) is 13.1 Å². The molecule has 0 saturated carbocycles. The number of likely N-dealkylation sites (tertiary alicyclic amines) is 1. The van der Waals surface area contributed by atoms with Gasteiger partial charge in [-0.25, -0.2) is 0 Å². The van der Waals surface area contributed by atoms with Crippen LogP contribution in [-0.4, -0.2) is 68.4 Å². The van der Waals surface area contributed by atoms with Crippen LogP contribution in [0.25, 0.3) is 0 Å². The molecule has 5 rings (SSSR count). The SMILES string of the molecule is C[C@H](CC1(c2nn[nH]n2)c2cc(C(N)=O)sc2CCc2cc(C(N)=O)sc21)NCC(=O)N1CCCC1C#N. The Morgan fingerprint density at radius 1 is 1.26 bits per heavy atom. The van der Waals surface area contributed by atoms with Gasteiger partial charge in [-0.1, -0.05) is 5.21 Å². The Labute approximate surface area is 226 Å². The molecular formula is C24H27N9O3S2. The maximum atomic E-state index is 12.9. The lowest BCUT2D eigenvalue weighted by Crippen LogP contribution is -2.45. The van der Waals surface area contributed by atoms with E-state index in [1.165, 1.54) is 22.7 Å². The summed E-state index contributed by atoms with van der Waals surface area (Å²) in [6.45, 7) is 2.59. The minimum Gasteiger partial charge on any atom is -0.365 e. The van der Waals surface area contributed by atoms with Gasteiger partial charge in [0.25, 0.3) is 11.8 Å². The number of aryl methyl sites for hydroxylation is 2. The molecule has 198 valence electrons. The number of carbonyl (C=O) groups is 3. The number of carbonyl (C=O) groups excluding carboxylic acids is 3. The Balaban J connectivity index is 1.56. The number of rotatable bonds is 8. The van der Waals surface area contributed by atoms with E-state index in [1.54, 1.807) is 11.0 Å². The molecule has 1 aliphatic heterocycles. The summed E-state index contributed by atoms with van der Waals surface area (Å²) < 4.78 is 0. The predicted octanol–water partition coefficient (Wildman–Crippen LogP) is 0.836. The molecule has 3 aromatic rings. The molecule has 12 nitrogen and oxygen atoms in total. The van der Waals surface area contributed by atoms with Crippen LogP contribution in [0.1, 0.15) is 72.2 Å². The molecular weight excluding hydrogens is 526 g/mol. The van der Waals surface area contributed by atoms with Crippen LogP contribution in [0.15, 0.2) is 12.1 Å². The summed E-state index contributed by atoms with van der Waals surface area (Å²) >= 11 is 2.63. The number of hydrogen-bond donors (Lipinski definition) is 4. The maximum Gasteiger partial charge on any atom is 0.258 e. The average Bonchev–Trinajstić information content (AvgIpc) is 3.70. The Hall–Kier alpha value is -3.67. The second kappa shape index (κ2) is 10.2. The van der Waals surface area contributed by atoms with Gasteiger partial charge >= 0.3 is 0 Å². The summed E-state index contributed by atoms with van der Waals surface area (Å²) in [5, 5.41) is 27.8. The van der Waals surface area contributed by atoms with E-state index in [4.69, 9.17) is 11.5 Å². The molecule has 2 aliphatic rings. The molecule has 0 bridgehead atoms. The molecule has 4 heterocycles. The molecule has 0 spiro atoms. The minimum absolute atomic E-state index is 0.0640. The number of amides is 3. The monoisotopic (exact) mass is 553 g/mol. The highest BCUT2D eigenvalue weighted by Gasteiger charge is 2.48. The molecule has 38 heavy (non-hydrogen) atoms. The van der Waals surface area contributed by atoms with Gasteiger partial charge < -0.3 is 21.7 Å². The van der Waals surface area contributed by atoms with Crippen molar-refractivity contribution in [3.63, 3.8) is 0 Å². The molecule has 0 radical (unpaired) electrons. The molecule has 1 saturated heterocycles. The standard InChI is InChI=1S/C24H27N9O3S2/c1-12(28-11-19(34)33-6-2-3-14(33)10-25)9-24(23-29-31-32-30-23)15-8-18(22(27)36)37-16(15)5-4-13-7-17(21(26)35)38-20(13)24/h7-8,12,14,28H,2-6,9,11H2,1H3,(H2,26,35)(H2,27,36)(H,29,30,31,32)/t12-,14?,24?/m1/s1. The highest BCUT2D eigenvalue weighted by atomic mass is 32.1. The number of nitriles is 1. The summed E-state index contributed by atoms with van der Waals surface area (Å²) in [5.74, 6) is -0.792. The molecule has 1 fully saturated rings. The first-order valence-corrected chi connectivity index (χ1v) is 13.9. The third kappa shape index (κ3) is 4.46. The van der Waals surface area contributed by atoms with Crippen molar-refractivity contribution in [3.8, 4) is 6.07 Å². The van der Waals surface area contributed by atoms with Gasteiger partial charge in [0.15, 0.2) is 5.82 Å². The van der Waals surface area contributed by atoms with Crippen LogP contribution in [0.3, 0.4) is 0 Å². The largest absolute Gasteiger partial charge is 0.365 e.